The normalized spacial score (nSPS) is 30.3. The third-order valence-electron chi connectivity index (χ3n) is 5.21. The van der Waals surface area contributed by atoms with Crippen LogP contribution in [0.5, 0.6) is 5.75 Å². The molecule has 0 radical (unpaired) electrons. The minimum Gasteiger partial charge on any atom is -0.508 e. The van der Waals surface area contributed by atoms with Gasteiger partial charge in [-0.15, -0.1) is 0 Å². The summed E-state index contributed by atoms with van der Waals surface area (Å²) >= 11 is 0. The maximum absolute atomic E-state index is 9.77. The van der Waals surface area contributed by atoms with E-state index in [1.807, 2.05) is 12.1 Å². The van der Waals surface area contributed by atoms with Crippen LogP contribution in [0.4, 0.5) is 0 Å². The van der Waals surface area contributed by atoms with Crippen LogP contribution >= 0.6 is 0 Å². The van der Waals surface area contributed by atoms with Crippen LogP contribution in [0.3, 0.4) is 0 Å². The quantitative estimate of drug-likeness (QED) is 0.537. The topological polar surface area (TPSA) is 121 Å². The Balaban J connectivity index is 0.000000338. The van der Waals surface area contributed by atoms with Gasteiger partial charge in [-0.1, -0.05) is 32.3 Å². The Hall–Kier alpha value is -1.15. The Kier molecular flexibility index (Phi) is 5.35. The fraction of sp³-hybridized carbons (Fsp3) is 0.625. The molecule has 0 amide bonds. The van der Waals surface area contributed by atoms with Crippen molar-refractivity contribution < 1.29 is 22.6 Å². The van der Waals surface area contributed by atoms with E-state index in [0.717, 1.165) is 12.8 Å². The molecule has 0 heterocycles. The second kappa shape index (κ2) is 6.76. The number of aromatic hydroxyl groups is 1. The zero-order valence-corrected chi connectivity index (χ0v) is 14.1. The third kappa shape index (κ3) is 4.44. The highest BCUT2D eigenvalue weighted by Crippen LogP contribution is 2.46. The van der Waals surface area contributed by atoms with E-state index < -0.39 is 10.4 Å². The van der Waals surface area contributed by atoms with Crippen LogP contribution in [0, 0.1) is 5.92 Å². The van der Waals surface area contributed by atoms with E-state index >= 15 is 0 Å². The Morgan fingerprint density at radius 1 is 1.22 bits per heavy atom. The van der Waals surface area contributed by atoms with Gasteiger partial charge in [0.15, 0.2) is 0 Å². The lowest BCUT2D eigenvalue weighted by Crippen LogP contribution is -2.52. The minimum atomic E-state index is -4.67. The summed E-state index contributed by atoms with van der Waals surface area (Å²) in [6.45, 7) is 2.30. The van der Waals surface area contributed by atoms with Gasteiger partial charge in [0, 0.05) is 11.5 Å². The van der Waals surface area contributed by atoms with E-state index in [2.05, 4.69) is 13.0 Å². The van der Waals surface area contributed by atoms with Gasteiger partial charge in [-0.3, -0.25) is 9.11 Å². The van der Waals surface area contributed by atoms with E-state index in [-0.39, 0.29) is 11.5 Å². The number of phenols is 1. The van der Waals surface area contributed by atoms with Crippen molar-refractivity contribution in [3.63, 3.8) is 0 Å². The predicted octanol–water partition coefficient (Wildman–Crippen LogP) is 2.46. The third-order valence-corrected chi connectivity index (χ3v) is 5.21. The molecule has 0 aromatic heterocycles. The summed E-state index contributed by atoms with van der Waals surface area (Å²) in [5, 5.41) is 9.77. The predicted molar refractivity (Wildman–Crippen MR) is 87.9 cm³/mol. The van der Waals surface area contributed by atoms with E-state index in [1.165, 1.54) is 36.8 Å². The van der Waals surface area contributed by atoms with Gasteiger partial charge >= 0.3 is 10.4 Å². The number of hydrogen-bond acceptors (Lipinski definition) is 4. The van der Waals surface area contributed by atoms with E-state index in [0.29, 0.717) is 11.7 Å². The molecule has 0 spiro atoms. The van der Waals surface area contributed by atoms with Crippen molar-refractivity contribution in [3.05, 3.63) is 29.3 Å². The Morgan fingerprint density at radius 3 is 2.52 bits per heavy atom. The SMILES string of the molecule is C[C@@]12CCCCC[C@@H](Cc3ccc(O)cc31)[C@@H]2N.O=S(=O)(O)O. The van der Waals surface area contributed by atoms with Gasteiger partial charge in [-0.25, -0.2) is 0 Å². The van der Waals surface area contributed by atoms with E-state index in [9.17, 15) is 5.11 Å². The first kappa shape index (κ1) is 18.2. The first-order valence-corrected chi connectivity index (χ1v) is 9.29. The van der Waals surface area contributed by atoms with Crippen molar-refractivity contribution >= 4 is 10.4 Å². The van der Waals surface area contributed by atoms with Crippen molar-refractivity contribution in [1.29, 1.82) is 0 Å². The van der Waals surface area contributed by atoms with Crippen LogP contribution in [-0.4, -0.2) is 28.7 Å². The number of nitrogens with two attached hydrogens (primary N) is 1. The van der Waals surface area contributed by atoms with Gasteiger partial charge in [-0.05, 0) is 48.4 Å². The van der Waals surface area contributed by atoms with Crippen LogP contribution in [-0.2, 0) is 22.2 Å². The number of rotatable bonds is 0. The summed E-state index contributed by atoms with van der Waals surface area (Å²) in [6, 6.07) is 6.11. The van der Waals surface area contributed by atoms with Crippen molar-refractivity contribution in [2.45, 2.75) is 56.9 Å². The Bertz CT molecular complexity index is 652. The summed E-state index contributed by atoms with van der Waals surface area (Å²) in [5.41, 5.74) is 9.33. The first-order chi connectivity index (χ1) is 10.6. The van der Waals surface area contributed by atoms with Crippen molar-refractivity contribution in [1.82, 2.24) is 0 Å². The van der Waals surface area contributed by atoms with Crippen LogP contribution < -0.4 is 5.73 Å². The molecule has 0 aliphatic heterocycles. The minimum absolute atomic E-state index is 0.0530. The van der Waals surface area contributed by atoms with Gasteiger partial charge in [0.25, 0.3) is 0 Å². The maximum Gasteiger partial charge on any atom is 0.394 e. The number of phenolic OH excluding ortho intramolecular Hbond substituents is 1. The van der Waals surface area contributed by atoms with Gasteiger partial charge in [0.05, 0.1) is 0 Å². The molecular formula is C16H25NO5S. The summed E-state index contributed by atoms with van der Waals surface area (Å²) in [4.78, 5) is 0. The average molecular weight is 343 g/mol. The molecule has 7 heteroatoms. The fourth-order valence-corrected chi connectivity index (χ4v) is 4.04. The summed E-state index contributed by atoms with van der Waals surface area (Å²) in [6.07, 6.45) is 7.41. The Labute approximate surface area is 137 Å². The molecule has 1 aromatic carbocycles. The number of fused-ring (bicyclic) bond motifs is 4. The van der Waals surface area contributed by atoms with Gasteiger partial charge in [-0.2, -0.15) is 8.42 Å². The molecule has 5 N–H and O–H groups in total. The number of benzene rings is 1. The summed E-state index contributed by atoms with van der Waals surface area (Å²) in [7, 11) is -4.67. The lowest BCUT2D eigenvalue weighted by Gasteiger charge is -2.47. The Morgan fingerprint density at radius 2 is 1.87 bits per heavy atom. The van der Waals surface area contributed by atoms with Crippen molar-refractivity contribution in [3.8, 4) is 5.75 Å². The zero-order chi connectivity index (χ0) is 17.3. The average Bonchev–Trinajstić information content (AvgIpc) is 2.42. The van der Waals surface area contributed by atoms with Crippen molar-refractivity contribution in [2.75, 3.05) is 0 Å². The highest BCUT2D eigenvalue weighted by molar-refractivity contribution is 7.79. The highest BCUT2D eigenvalue weighted by Gasteiger charge is 2.43. The van der Waals surface area contributed by atoms with Crippen molar-refractivity contribution in [2.24, 2.45) is 11.7 Å². The van der Waals surface area contributed by atoms with Crippen LogP contribution in [0.25, 0.3) is 0 Å². The maximum atomic E-state index is 9.77. The zero-order valence-electron chi connectivity index (χ0n) is 13.3. The molecule has 130 valence electrons. The molecule has 1 saturated carbocycles. The smallest absolute Gasteiger partial charge is 0.394 e. The molecule has 0 unspecified atom stereocenters. The molecule has 3 rings (SSSR count). The lowest BCUT2D eigenvalue weighted by molar-refractivity contribution is 0.201. The highest BCUT2D eigenvalue weighted by atomic mass is 32.3. The van der Waals surface area contributed by atoms with Gasteiger partial charge < -0.3 is 10.8 Å². The molecule has 6 nitrogen and oxygen atoms in total. The molecule has 1 aromatic rings. The molecule has 2 bridgehead atoms. The van der Waals surface area contributed by atoms with Crippen LogP contribution in [0.2, 0.25) is 0 Å². The molecule has 3 atom stereocenters. The fourth-order valence-electron chi connectivity index (χ4n) is 4.04. The van der Waals surface area contributed by atoms with Gasteiger partial charge in [0.1, 0.15) is 5.75 Å². The molecule has 23 heavy (non-hydrogen) atoms. The van der Waals surface area contributed by atoms with Gasteiger partial charge in [0.2, 0.25) is 0 Å². The molecule has 1 fully saturated rings. The van der Waals surface area contributed by atoms with Crippen LogP contribution in [0.1, 0.15) is 50.2 Å². The van der Waals surface area contributed by atoms with Crippen LogP contribution in [0.15, 0.2) is 18.2 Å². The summed E-state index contributed by atoms with van der Waals surface area (Å²) < 4.78 is 31.6. The monoisotopic (exact) mass is 343 g/mol. The standard InChI is InChI=1S/C16H23NO.H2O4S/c1-16-8-4-2-3-5-12(15(16)17)9-11-6-7-13(18)10-14(11)16;1-5(2,3)4/h6-7,10,12,15,18H,2-5,8-9,17H2,1H3;(H2,1,2,3,4)/t12-,15-,16+;/m0./s1. The second-order valence-electron chi connectivity index (χ2n) is 6.80. The molecule has 0 saturated heterocycles. The molecule has 2 aliphatic carbocycles. The molecule has 2 aliphatic rings. The summed E-state index contributed by atoms with van der Waals surface area (Å²) in [5.74, 6) is 0.995. The van der Waals surface area contributed by atoms with E-state index in [1.54, 1.807) is 0 Å². The first-order valence-electron chi connectivity index (χ1n) is 7.89. The molecular weight excluding hydrogens is 318 g/mol. The van der Waals surface area contributed by atoms with E-state index in [4.69, 9.17) is 23.3 Å². The largest absolute Gasteiger partial charge is 0.508 e. The number of hydrogen-bond donors (Lipinski definition) is 4. The second-order valence-corrected chi connectivity index (χ2v) is 7.69. The lowest BCUT2D eigenvalue weighted by atomic mass is 9.60.